The van der Waals surface area contributed by atoms with Crippen LogP contribution in [0.5, 0.6) is 0 Å². The van der Waals surface area contributed by atoms with Gasteiger partial charge in [0.1, 0.15) is 36.3 Å². The largest absolute Gasteiger partial charge is 0.461 e. The van der Waals surface area contributed by atoms with Gasteiger partial charge in [0.25, 0.3) is 0 Å². The molecule has 1 aliphatic heterocycles. The molecule has 0 amide bonds. The minimum absolute atomic E-state index is 0.0000887. The van der Waals surface area contributed by atoms with Crippen LogP contribution >= 0.6 is 15.9 Å². The quantitative estimate of drug-likeness (QED) is 0.216. The first-order valence-electron chi connectivity index (χ1n) is 16.4. The van der Waals surface area contributed by atoms with E-state index in [1.165, 1.54) is 5.56 Å². The zero-order chi connectivity index (χ0) is 34.0. The van der Waals surface area contributed by atoms with E-state index >= 15 is 0 Å². The van der Waals surface area contributed by atoms with Crippen LogP contribution in [0, 0.1) is 5.92 Å². The van der Waals surface area contributed by atoms with Crippen molar-refractivity contribution in [3.05, 3.63) is 129 Å². The molecule has 240 valence electrons. The van der Waals surface area contributed by atoms with Crippen LogP contribution in [-0.4, -0.2) is 18.8 Å². The molecule has 0 saturated heterocycles. The fraction of sp³-hybridized carbons (Fsp3) is 0.366. The first-order valence-corrected chi connectivity index (χ1v) is 18.0. The standard InChI is InChI=1S/C38H39BO3.C2H6.CH3Br/c1-8-12-24-29(11-4)42-36-32(24)28(39)21-27-35(36)34-26(38(27,40)23-17-15-22(16-18-23)37(5,6)7)19-20-31-33(34)25(13-9-2)30(41-31)14-10-3;2*1-2/h8-10,12-21,33-34,40H,11H2,1-7H3;1-2H3;1H3/b12-8-,13-9-,14-10-;;. The highest BCUT2D eigenvalue weighted by Gasteiger charge is 2.56. The van der Waals surface area contributed by atoms with Gasteiger partial charge in [-0.1, -0.05) is 130 Å². The number of alkyl halides is 1. The number of benzene rings is 2. The van der Waals surface area contributed by atoms with Crippen molar-refractivity contribution in [3.63, 3.8) is 0 Å². The predicted octanol–water partition coefficient (Wildman–Crippen LogP) is 10.4. The second-order valence-corrected chi connectivity index (χ2v) is 12.5. The van der Waals surface area contributed by atoms with Crippen molar-refractivity contribution in [2.45, 2.75) is 85.7 Å². The summed E-state index contributed by atoms with van der Waals surface area (Å²) in [5.41, 5.74) is 6.81. The van der Waals surface area contributed by atoms with E-state index in [2.05, 4.69) is 92.2 Å². The van der Waals surface area contributed by atoms with Gasteiger partial charge in [0, 0.05) is 34.4 Å². The van der Waals surface area contributed by atoms with Crippen molar-refractivity contribution in [2.24, 2.45) is 5.92 Å². The third kappa shape index (κ3) is 5.64. The van der Waals surface area contributed by atoms with Crippen LogP contribution in [-0.2, 0) is 22.2 Å². The molecule has 1 N–H and O–H groups in total. The minimum atomic E-state index is -1.38. The Morgan fingerprint density at radius 2 is 1.57 bits per heavy atom. The minimum Gasteiger partial charge on any atom is -0.461 e. The molecule has 2 aliphatic carbocycles. The Labute approximate surface area is 286 Å². The van der Waals surface area contributed by atoms with E-state index in [1.807, 2.05) is 70.8 Å². The fourth-order valence-electron chi connectivity index (χ4n) is 7.11. The Morgan fingerprint density at radius 1 is 0.935 bits per heavy atom. The molecule has 3 aromatic rings. The summed E-state index contributed by atoms with van der Waals surface area (Å²) in [4.78, 5) is 0. The van der Waals surface area contributed by atoms with E-state index in [9.17, 15) is 5.11 Å². The van der Waals surface area contributed by atoms with Crippen molar-refractivity contribution < 1.29 is 14.3 Å². The summed E-state index contributed by atoms with van der Waals surface area (Å²) in [6.45, 7) is 18.7. The molecule has 2 aromatic carbocycles. The highest BCUT2D eigenvalue weighted by molar-refractivity contribution is 9.08. The highest BCUT2D eigenvalue weighted by atomic mass is 79.9. The smallest absolute Gasteiger partial charge is 0.138 e. The third-order valence-electron chi connectivity index (χ3n) is 9.00. The number of furan rings is 1. The molecule has 3 atom stereocenters. The lowest BCUT2D eigenvalue weighted by molar-refractivity contribution is 0.121. The van der Waals surface area contributed by atoms with Gasteiger partial charge in [-0.15, -0.1) is 0 Å². The summed E-state index contributed by atoms with van der Waals surface area (Å²) >= 11 is 2.94. The molecule has 3 unspecified atom stereocenters. The van der Waals surface area contributed by atoms with Crippen molar-refractivity contribution >= 4 is 46.3 Å². The van der Waals surface area contributed by atoms with E-state index in [-0.39, 0.29) is 17.3 Å². The van der Waals surface area contributed by atoms with Gasteiger partial charge in [0.05, 0.1) is 5.92 Å². The molecule has 6 rings (SSSR count). The van der Waals surface area contributed by atoms with Crippen LogP contribution in [0.1, 0.15) is 102 Å². The molecule has 46 heavy (non-hydrogen) atoms. The molecule has 2 radical (unpaired) electrons. The van der Waals surface area contributed by atoms with Crippen LogP contribution in [0.2, 0.25) is 0 Å². The van der Waals surface area contributed by atoms with Gasteiger partial charge in [-0.3, -0.25) is 0 Å². The number of hydrogen-bond donors (Lipinski definition) is 1. The molecule has 0 bridgehead atoms. The Morgan fingerprint density at radius 3 is 2.13 bits per heavy atom. The molecule has 3 nitrogen and oxygen atoms in total. The maximum Gasteiger partial charge on any atom is 0.138 e. The summed E-state index contributed by atoms with van der Waals surface area (Å²) in [5.74, 6) is 4.12. The molecule has 3 aliphatic rings. The van der Waals surface area contributed by atoms with E-state index in [0.717, 1.165) is 68.1 Å². The van der Waals surface area contributed by atoms with Crippen LogP contribution < -0.4 is 5.46 Å². The van der Waals surface area contributed by atoms with Crippen molar-refractivity contribution in [2.75, 3.05) is 5.83 Å². The number of halogens is 1. The highest BCUT2D eigenvalue weighted by Crippen LogP contribution is 2.62. The average Bonchev–Trinajstić information content (AvgIpc) is 3.68. The van der Waals surface area contributed by atoms with Crippen LogP contribution in [0.25, 0.3) is 17.0 Å². The lowest BCUT2D eigenvalue weighted by Gasteiger charge is -2.32. The van der Waals surface area contributed by atoms with Gasteiger partial charge < -0.3 is 14.3 Å². The van der Waals surface area contributed by atoms with Gasteiger partial charge in [-0.05, 0) is 66.4 Å². The number of aryl methyl sites for hydroxylation is 1. The van der Waals surface area contributed by atoms with Gasteiger partial charge in [0.2, 0.25) is 0 Å². The average molecular weight is 680 g/mol. The predicted molar refractivity (Wildman–Crippen MR) is 200 cm³/mol. The van der Waals surface area contributed by atoms with Crippen molar-refractivity contribution in [1.82, 2.24) is 0 Å². The number of aliphatic hydroxyl groups is 1. The number of rotatable bonds is 5. The third-order valence-corrected chi connectivity index (χ3v) is 9.00. The SMILES string of the molecule is CBr.CC.[B]c1cc2c(c3oc(CC)c(/C=C\C)c13)C1C(=CC=C3OC(/C=C\C)=C(/C=C\C)C31)C2(O)c1ccc(C(C)(C)C)cc1. The molecular formula is C41H48BBrO3. The molecular weight excluding hydrogens is 631 g/mol. The van der Waals surface area contributed by atoms with Crippen LogP contribution in [0.15, 0.2) is 99.9 Å². The zero-order valence-electron chi connectivity index (χ0n) is 29.1. The van der Waals surface area contributed by atoms with Crippen molar-refractivity contribution in [1.29, 1.82) is 0 Å². The summed E-state index contributed by atoms with van der Waals surface area (Å²) in [6.07, 6.45) is 17.1. The van der Waals surface area contributed by atoms with Crippen LogP contribution in [0.4, 0.5) is 0 Å². The molecule has 0 fully saturated rings. The molecule has 0 saturated carbocycles. The van der Waals surface area contributed by atoms with Gasteiger partial charge in [0.15, 0.2) is 0 Å². The van der Waals surface area contributed by atoms with Crippen molar-refractivity contribution in [3.8, 4) is 0 Å². The second kappa shape index (κ2) is 14.2. The summed E-state index contributed by atoms with van der Waals surface area (Å²) in [5, 5.41) is 13.9. The van der Waals surface area contributed by atoms with E-state index in [0.29, 0.717) is 5.46 Å². The van der Waals surface area contributed by atoms with E-state index < -0.39 is 5.60 Å². The number of fused-ring (bicyclic) bond motifs is 7. The molecule has 2 heterocycles. The maximum absolute atomic E-state index is 13.0. The Balaban J connectivity index is 0.00000116. The van der Waals surface area contributed by atoms with Gasteiger partial charge in [-0.25, -0.2) is 0 Å². The number of ether oxygens (including phenoxy) is 1. The number of allylic oxidation sites excluding steroid dienone is 8. The monoisotopic (exact) mass is 678 g/mol. The maximum atomic E-state index is 13.0. The van der Waals surface area contributed by atoms with Gasteiger partial charge >= 0.3 is 0 Å². The second-order valence-electron chi connectivity index (χ2n) is 12.5. The van der Waals surface area contributed by atoms with E-state index in [4.69, 9.17) is 17.0 Å². The lowest BCUT2D eigenvalue weighted by Crippen LogP contribution is -2.30. The summed E-state index contributed by atoms with van der Waals surface area (Å²) in [6, 6.07) is 10.4. The Hall–Kier alpha value is -3.28. The number of hydrogen-bond acceptors (Lipinski definition) is 3. The fourth-order valence-corrected chi connectivity index (χ4v) is 7.11. The summed E-state index contributed by atoms with van der Waals surface area (Å²) in [7, 11) is 6.85. The lowest BCUT2D eigenvalue weighted by atomic mass is 9.73. The normalized spacial score (nSPS) is 21.8. The van der Waals surface area contributed by atoms with E-state index in [1.54, 1.807) is 0 Å². The Bertz CT molecular complexity index is 1770. The van der Waals surface area contributed by atoms with Crippen LogP contribution in [0.3, 0.4) is 0 Å². The first-order chi connectivity index (χ1) is 22.1. The summed E-state index contributed by atoms with van der Waals surface area (Å²) < 4.78 is 13.2. The topological polar surface area (TPSA) is 42.6 Å². The molecule has 5 heteroatoms. The Kier molecular flexibility index (Phi) is 11.0. The molecule has 1 aromatic heterocycles. The zero-order valence-corrected chi connectivity index (χ0v) is 30.7. The first kappa shape index (κ1) is 35.6. The molecule has 0 spiro atoms. The van der Waals surface area contributed by atoms with Gasteiger partial charge in [-0.2, -0.15) is 0 Å².